The van der Waals surface area contributed by atoms with Gasteiger partial charge >= 0.3 is 0 Å². The number of rotatable bonds is 6. The molecular weight excluding hydrogens is 253 g/mol. The molecule has 0 aromatic carbocycles. The zero-order chi connectivity index (χ0) is 14.4. The van der Waals surface area contributed by atoms with E-state index < -0.39 is 0 Å². The number of halogens is 1. The maximum atomic E-state index is 12.9. The number of hydrogen-bond donors (Lipinski definition) is 1. The second-order valence-corrected chi connectivity index (χ2v) is 5.76. The molecule has 3 nitrogen and oxygen atoms in total. The quantitative estimate of drug-likeness (QED) is 0.867. The Morgan fingerprint density at radius 1 is 1.40 bits per heavy atom. The number of hydrogen-bond acceptors (Lipinski definition) is 3. The van der Waals surface area contributed by atoms with E-state index in [1.807, 2.05) is 0 Å². The van der Waals surface area contributed by atoms with Gasteiger partial charge < -0.3 is 10.2 Å². The van der Waals surface area contributed by atoms with Crippen molar-refractivity contribution in [3.8, 4) is 0 Å². The summed E-state index contributed by atoms with van der Waals surface area (Å²) in [5, 5.41) is 3.62. The number of nitrogens with one attached hydrogen (secondary N) is 1. The Hall–Kier alpha value is -1.00. The zero-order valence-corrected chi connectivity index (χ0v) is 12.6. The molecule has 1 N–H and O–H groups in total. The highest BCUT2D eigenvalue weighted by atomic mass is 19.1. The van der Waals surface area contributed by atoms with Crippen LogP contribution in [0.25, 0.3) is 0 Å². The van der Waals surface area contributed by atoms with E-state index in [-0.39, 0.29) is 11.9 Å². The van der Waals surface area contributed by atoms with E-state index in [9.17, 15) is 4.39 Å². The Morgan fingerprint density at radius 2 is 2.15 bits per heavy atom. The predicted molar refractivity (Wildman–Crippen MR) is 80.1 cm³/mol. The summed E-state index contributed by atoms with van der Waals surface area (Å²) in [5.41, 5.74) is 0.916. The van der Waals surface area contributed by atoms with E-state index in [4.69, 9.17) is 0 Å². The molecule has 0 aliphatic carbocycles. The Labute approximate surface area is 121 Å². The Bertz CT molecular complexity index is 385. The molecule has 1 aromatic heterocycles. The van der Waals surface area contributed by atoms with Crippen molar-refractivity contribution in [3.63, 3.8) is 0 Å². The lowest BCUT2D eigenvalue weighted by Crippen LogP contribution is -2.43. The van der Waals surface area contributed by atoms with Crippen LogP contribution >= 0.6 is 0 Å². The number of likely N-dealkylation sites (tertiary alicyclic amines) is 1. The maximum absolute atomic E-state index is 12.9. The Morgan fingerprint density at radius 3 is 2.75 bits per heavy atom. The lowest BCUT2D eigenvalue weighted by atomic mass is 10.0. The summed E-state index contributed by atoms with van der Waals surface area (Å²) in [7, 11) is 0. The third kappa shape index (κ3) is 4.53. The molecule has 0 bridgehead atoms. The summed E-state index contributed by atoms with van der Waals surface area (Å²) < 4.78 is 12.9. The van der Waals surface area contributed by atoms with Crippen LogP contribution in [0.1, 0.15) is 51.3 Å². The van der Waals surface area contributed by atoms with Crippen LogP contribution in [0.4, 0.5) is 4.39 Å². The molecule has 0 saturated carbocycles. The van der Waals surface area contributed by atoms with Gasteiger partial charge in [-0.05, 0) is 58.0 Å². The molecule has 4 heteroatoms. The largest absolute Gasteiger partial charge is 0.306 e. The first-order chi connectivity index (χ1) is 9.69. The van der Waals surface area contributed by atoms with E-state index in [1.165, 1.54) is 57.6 Å². The molecule has 0 amide bonds. The van der Waals surface area contributed by atoms with Crippen molar-refractivity contribution >= 4 is 0 Å². The fraction of sp³-hybridized carbons (Fsp3) is 0.688. The first-order valence-corrected chi connectivity index (χ1v) is 7.79. The van der Waals surface area contributed by atoms with Crippen LogP contribution in [0, 0.1) is 5.82 Å². The lowest BCUT2D eigenvalue weighted by molar-refractivity contribution is 0.189. The summed E-state index contributed by atoms with van der Waals surface area (Å²) in [6.07, 6.45) is 6.24. The summed E-state index contributed by atoms with van der Waals surface area (Å²) in [6.45, 7) is 7.94. The number of aromatic nitrogens is 1. The molecule has 2 heterocycles. The zero-order valence-electron chi connectivity index (χ0n) is 12.6. The molecule has 0 radical (unpaired) electrons. The Kier molecular flexibility index (Phi) is 5.92. The van der Waals surface area contributed by atoms with Crippen molar-refractivity contribution in [2.75, 3.05) is 19.6 Å². The van der Waals surface area contributed by atoms with Crippen molar-refractivity contribution in [1.82, 2.24) is 15.2 Å². The summed E-state index contributed by atoms with van der Waals surface area (Å²) in [6, 6.07) is 3.98. The van der Waals surface area contributed by atoms with E-state index >= 15 is 0 Å². The van der Waals surface area contributed by atoms with E-state index in [0.29, 0.717) is 6.04 Å². The molecule has 112 valence electrons. The van der Waals surface area contributed by atoms with Crippen LogP contribution in [-0.2, 0) is 0 Å². The van der Waals surface area contributed by atoms with Crippen LogP contribution in [0.2, 0.25) is 0 Å². The summed E-state index contributed by atoms with van der Waals surface area (Å²) >= 11 is 0. The van der Waals surface area contributed by atoms with E-state index in [0.717, 1.165) is 5.69 Å². The van der Waals surface area contributed by atoms with E-state index in [1.54, 1.807) is 6.07 Å². The average Bonchev–Trinajstić information content (AvgIpc) is 2.47. The molecule has 1 fully saturated rings. The van der Waals surface area contributed by atoms with Crippen LogP contribution in [0.3, 0.4) is 0 Å². The van der Waals surface area contributed by atoms with Crippen LogP contribution in [0.15, 0.2) is 18.3 Å². The minimum absolute atomic E-state index is 0.183. The van der Waals surface area contributed by atoms with Gasteiger partial charge in [-0.1, -0.05) is 13.3 Å². The van der Waals surface area contributed by atoms with Gasteiger partial charge in [-0.3, -0.25) is 4.98 Å². The molecule has 1 aromatic rings. The monoisotopic (exact) mass is 279 g/mol. The molecule has 1 saturated heterocycles. The maximum Gasteiger partial charge on any atom is 0.141 e. The molecule has 1 atom stereocenters. The van der Waals surface area contributed by atoms with Crippen molar-refractivity contribution in [3.05, 3.63) is 29.8 Å². The highest BCUT2D eigenvalue weighted by Crippen LogP contribution is 2.16. The van der Waals surface area contributed by atoms with Crippen molar-refractivity contribution in [2.45, 2.75) is 51.6 Å². The molecule has 1 aliphatic rings. The van der Waals surface area contributed by atoms with Crippen molar-refractivity contribution < 1.29 is 4.39 Å². The van der Waals surface area contributed by atoms with Gasteiger partial charge in [0, 0.05) is 12.1 Å². The van der Waals surface area contributed by atoms with Gasteiger partial charge in [0.25, 0.3) is 0 Å². The van der Waals surface area contributed by atoms with Crippen molar-refractivity contribution in [1.29, 1.82) is 0 Å². The fourth-order valence-electron chi connectivity index (χ4n) is 2.79. The first kappa shape index (κ1) is 15.4. The number of piperidine rings is 1. The normalized spacial score (nSPS) is 19.1. The van der Waals surface area contributed by atoms with Gasteiger partial charge in [0.1, 0.15) is 5.82 Å². The molecule has 20 heavy (non-hydrogen) atoms. The average molecular weight is 279 g/mol. The summed E-state index contributed by atoms with van der Waals surface area (Å²) in [5.74, 6) is -0.273. The summed E-state index contributed by atoms with van der Waals surface area (Å²) in [4.78, 5) is 6.71. The standard InChI is InChI=1S/C16H26FN3/c1-3-4-9-20-10-7-15(8-11-20)19-13(2)16-6-5-14(17)12-18-16/h5-6,12-13,15,19H,3-4,7-11H2,1-2H3. The SMILES string of the molecule is CCCCN1CCC(NC(C)c2ccc(F)cn2)CC1. The third-order valence-electron chi connectivity index (χ3n) is 4.10. The van der Waals surface area contributed by atoms with Gasteiger partial charge in [-0.2, -0.15) is 0 Å². The Balaban J connectivity index is 1.76. The van der Waals surface area contributed by atoms with Crippen LogP contribution in [-0.4, -0.2) is 35.6 Å². The van der Waals surface area contributed by atoms with E-state index in [2.05, 4.69) is 29.0 Å². The minimum atomic E-state index is -0.273. The fourth-order valence-corrected chi connectivity index (χ4v) is 2.79. The first-order valence-electron chi connectivity index (χ1n) is 7.79. The number of unbranched alkanes of at least 4 members (excludes halogenated alkanes) is 1. The topological polar surface area (TPSA) is 28.2 Å². The molecular formula is C16H26FN3. The second-order valence-electron chi connectivity index (χ2n) is 5.76. The predicted octanol–water partition coefficient (Wildman–Crippen LogP) is 3.14. The lowest BCUT2D eigenvalue weighted by Gasteiger charge is -2.33. The van der Waals surface area contributed by atoms with Crippen molar-refractivity contribution in [2.24, 2.45) is 0 Å². The smallest absolute Gasteiger partial charge is 0.141 e. The number of pyridine rings is 1. The van der Waals surface area contributed by atoms with Gasteiger partial charge in [0.05, 0.1) is 11.9 Å². The van der Waals surface area contributed by atoms with Gasteiger partial charge in [-0.15, -0.1) is 0 Å². The minimum Gasteiger partial charge on any atom is -0.306 e. The van der Waals surface area contributed by atoms with Gasteiger partial charge in [0.15, 0.2) is 0 Å². The van der Waals surface area contributed by atoms with Crippen LogP contribution in [0.5, 0.6) is 0 Å². The second kappa shape index (κ2) is 7.70. The molecule has 1 unspecified atom stereocenters. The molecule has 0 spiro atoms. The highest BCUT2D eigenvalue weighted by molar-refractivity contribution is 5.09. The van der Waals surface area contributed by atoms with Crippen LogP contribution < -0.4 is 5.32 Å². The molecule has 1 aliphatic heterocycles. The highest BCUT2D eigenvalue weighted by Gasteiger charge is 2.20. The van der Waals surface area contributed by atoms with Gasteiger partial charge in [0.2, 0.25) is 0 Å². The third-order valence-corrected chi connectivity index (χ3v) is 4.10. The molecule has 2 rings (SSSR count). The van der Waals surface area contributed by atoms with Gasteiger partial charge in [-0.25, -0.2) is 4.39 Å². The number of nitrogens with zero attached hydrogens (tertiary/aromatic N) is 2.